The largest absolute Gasteiger partial charge is 0.322 e. The Morgan fingerprint density at radius 1 is 1.14 bits per heavy atom. The van der Waals surface area contributed by atoms with Crippen molar-refractivity contribution in [2.75, 3.05) is 0 Å². The first-order valence-corrected chi connectivity index (χ1v) is 9.24. The fourth-order valence-electron chi connectivity index (χ4n) is 3.09. The van der Waals surface area contributed by atoms with Crippen LogP contribution in [0.5, 0.6) is 0 Å². The van der Waals surface area contributed by atoms with Gasteiger partial charge in [-0.15, -0.1) is 4.99 Å². The van der Waals surface area contributed by atoms with Crippen LogP contribution in [0, 0.1) is 22.8 Å². The lowest BCUT2D eigenvalue weighted by molar-refractivity contribution is 0.658. The number of halogens is 1. The monoisotopic (exact) mass is 431 g/mol. The summed E-state index contributed by atoms with van der Waals surface area (Å²) in [6.45, 7) is 3.64. The van der Waals surface area contributed by atoms with E-state index < -0.39 is 5.41 Å². The van der Waals surface area contributed by atoms with Gasteiger partial charge in [-0.3, -0.25) is 14.5 Å². The second kappa shape index (κ2) is 6.59. The Morgan fingerprint density at radius 3 is 2.64 bits per heavy atom. The highest BCUT2D eigenvalue weighted by Gasteiger charge is 2.21. The molecule has 0 atom stereocenters. The lowest BCUT2D eigenvalue weighted by Crippen LogP contribution is -2.19. The number of fused-ring (bicyclic) bond motifs is 3. The van der Waals surface area contributed by atoms with E-state index in [9.17, 15) is 5.26 Å². The number of nitrogens with zero attached hydrogens (tertiary/aromatic N) is 6. The zero-order valence-electron chi connectivity index (χ0n) is 15.1. The maximum absolute atomic E-state index is 9.34. The quantitative estimate of drug-likeness (QED) is 0.486. The minimum absolute atomic E-state index is 0.376. The van der Waals surface area contributed by atoms with Crippen molar-refractivity contribution in [3.8, 4) is 17.9 Å². The molecule has 1 N–H and O–H groups in total. The summed E-state index contributed by atoms with van der Waals surface area (Å²) in [6.07, 6.45) is 5.24. The number of H-pyrrole nitrogens is 1. The van der Waals surface area contributed by atoms with Gasteiger partial charge >= 0.3 is 0 Å². The van der Waals surface area contributed by atoms with Crippen LogP contribution in [-0.4, -0.2) is 19.5 Å². The molecule has 3 heterocycles. The number of aromatic nitrogens is 4. The second-order valence-electron chi connectivity index (χ2n) is 6.82. The topological polar surface area (TPSA) is 106 Å². The normalized spacial score (nSPS) is 12.2. The first kappa shape index (κ1) is 17.9. The Balaban J connectivity index is 2.07. The first-order chi connectivity index (χ1) is 13.4. The van der Waals surface area contributed by atoms with E-state index in [0.717, 1.165) is 32.1 Å². The number of hydrogen-bond acceptors (Lipinski definition) is 5. The lowest BCUT2D eigenvalue weighted by Gasteiger charge is -2.15. The van der Waals surface area contributed by atoms with E-state index >= 15 is 0 Å². The van der Waals surface area contributed by atoms with Crippen LogP contribution in [0.15, 0.2) is 52.2 Å². The van der Waals surface area contributed by atoms with Gasteiger partial charge in [0, 0.05) is 9.86 Å². The zero-order chi connectivity index (χ0) is 19.9. The molecule has 0 fully saturated rings. The van der Waals surface area contributed by atoms with Gasteiger partial charge in [-0.25, -0.2) is 0 Å². The predicted molar refractivity (Wildman–Crippen MR) is 108 cm³/mol. The molecule has 0 radical (unpaired) electrons. The van der Waals surface area contributed by atoms with Crippen LogP contribution in [0.2, 0.25) is 0 Å². The van der Waals surface area contributed by atoms with Crippen molar-refractivity contribution < 1.29 is 0 Å². The predicted octanol–water partition coefficient (Wildman–Crippen LogP) is 3.85. The van der Waals surface area contributed by atoms with Crippen molar-refractivity contribution in [3.63, 3.8) is 0 Å². The van der Waals surface area contributed by atoms with E-state index in [2.05, 4.69) is 41.9 Å². The van der Waals surface area contributed by atoms with Crippen LogP contribution in [0.1, 0.15) is 19.5 Å². The Kier molecular flexibility index (Phi) is 4.21. The number of hydrogen-bond donors (Lipinski definition) is 1. The fourth-order valence-corrected chi connectivity index (χ4v) is 3.45. The summed E-state index contributed by atoms with van der Waals surface area (Å²) in [5.74, 6) is 0. The van der Waals surface area contributed by atoms with Crippen molar-refractivity contribution in [1.29, 1.82) is 10.5 Å². The van der Waals surface area contributed by atoms with E-state index in [1.165, 1.54) is 0 Å². The van der Waals surface area contributed by atoms with Crippen LogP contribution in [-0.2, 0) is 5.41 Å². The molecule has 28 heavy (non-hydrogen) atoms. The fraction of sp³-hybridized carbons (Fsp3) is 0.150. The molecule has 0 aliphatic rings. The SMILES string of the molecule is CC(C)(C#N)c1ccc(-n2/c(=N\C#N)[nH]c3cnc4ccc(Br)cc4c32)cn1. The highest BCUT2D eigenvalue weighted by molar-refractivity contribution is 9.10. The number of imidazole rings is 1. The third-order valence-corrected chi connectivity index (χ3v) is 5.06. The molecule has 8 heteroatoms. The van der Waals surface area contributed by atoms with Gasteiger partial charge in [0.2, 0.25) is 11.8 Å². The van der Waals surface area contributed by atoms with Gasteiger partial charge in [0.1, 0.15) is 0 Å². The second-order valence-corrected chi connectivity index (χ2v) is 7.73. The van der Waals surface area contributed by atoms with Crippen molar-refractivity contribution in [2.45, 2.75) is 19.3 Å². The molecule has 4 aromatic rings. The van der Waals surface area contributed by atoms with Gasteiger partial charge in [-0.2, -0.15) is 10.5 Å². The Hall–Kier alpha value is -3.49. The van der Waals surface area contributed by atoms with Gasteiger partial charge in [0.05, 0.1) is 51.8 Å². The summed E-state index contributed by atoms with van der Waals surface area (Å²) in [5, 5.41) is 19.4. The number of nitriles is 2. The maximum atomic E-state index is 9.34. The summed E-state index contributed by atoms with van der Waals surface area (Å²) in [4.78, 5) is 16.0. The third kappa shape index (κ3) is 2.84. The third-order valence-electron chi connectivity index (χ3n) is 4.57. The highest BCUT2D eigenvalue weighted by Crippen LogP contribution is 2.27. The Morgan fingerprint density at radius 2 is 1.96 bits per heavy atom. The molecule has 0 amide bonds. The summed E-state index contributed by atoms with van der Waals surface area (Å²) < 4.78 is 2.76. The van der Waals surface area contributed by atoms with E-state index in [1.807, 2.05) is 54.9 Å². The molecular formula is C20H14BrN7. The standard InChI is InChI=1S/C20H14BrN7/c1-20(2,10-22)17-6-4-13(8-25-17)28-18-14-7-12(21)3-5-15(14)24-9-16(18)27-19(28)26-11-23/h3-9H,1-2H3,(H,26,27). The molecule has 0 bridgehead atoms. The van der Waals surface area contributed by atoms with Gasteiger partial charge in [-0.05, 0) is 44.2 Å². The molecule has 0 unspecified atom stereocenters. The molecule has 136 valence electrons. The molecule has 3 aromatic heterocycles. The van der Waals surface area contributed by atoms with Gasteiger partial charge < -0.3 is 4.98 Å². The number of nitrogens with one attached hydrogen (secondary N) is 1. The van der Waals surface area contributed by atoms with Gasteiger partial charge in [-0.1, -0.05) is 15.9 Å². The minimum atomic E-state index is -0.690. The smallest absolute Gasteiger partial charge is 0.223 e. The van der Waals surface area contributed by atoms with E-state index in [4.69, 9.17) is 5.26 Å². The van der Waals surface area contributed by atoms with Crippen LogP contribution in [0.4, 0.5) is 0 Å². The van der Waals surface area contributed by atoms with Crippen LogP contribution < -0.4 is 5.62 Å². The van der Waals surface area contributed by atoms with Crippen LogP contribution in [0.25, 0.3) is 27.6 Å². The number of aromatic amines is 1. The number of rotatable bonds is 2. The summed E-state index contributed by atoms with van der Waals surface area (Å²) in [7, 11) is 0. The summed E-state index contributed by atoms with van der Waals surface area (Å²) >= 11 is 3.51. The molecule has 0 saturated carbocycles. The van der Waals surface area contributed by atoms with Crippen molar-refractivity contribution >= 4 is 37.9 Å². The number of pyridine rings is 2. The minimum Gasteiger partial charge on any atom is -0.322 e. The average molecular weight is 432 g/mol. The lowest BCUT2D eigenvalue weighted by atomic mass is 9.91. The molecule has 0 saturated heterocycles. The zero-order valence-corrected chi connectivity index (χ0v) is 16.7. The molecule has 4 rings (SSSR count). The Bertz CT molecular complexity index is 1360. The van der Waals surface area contributed by atoms with Crippen molar-refractivity contribution in [1.82, 2.24) is 19.5 Å². The summed E-state index contributed by atoms with van der Waals surface area (Å²) in [6, 6.07) is 11.8. The van der Waals surface area contributed by atoms with E-state index in [-0.39, 0.29) is 0 Å². The molecular weight excluding hydrogens is 418 g/mol. The average Bonchev–Trinajstić information content (AvgIpc) is 3.07. The van der Waals surface area contributed by atoms with Crippen molar-refractivity contribution in [3.05, 3.63) is 58.5 Å². The maximum Gasteiger partial charge on any atom is 0.223 e. The first-order valence-electron chi connectivity index (χ1n) is 8.44. The molecule has 0 spiro atoms. The van der Waals surface area contributed by atoms with Gasteiger partial charge in [0.25, 0.3) is 0 Å². The molecule has 1 aromatic carbocycles. The molecule has 0 aliphatic carbocycles. The van der Waals surface area contributed by atoms with Crippen molar-refractivity contribution in [2.24, 2.45) is 4.99 Å². The summed E-state index contributed by atoms with van der Waals surface area (Å²) in [5.41, 5.74) is 3.50. The highest BCUT2D eigenvalue weighted by atomic mass is 79.9. The molecule has 0 aliphatic heterocycles. The van der Waals surface area contributed by atoms with Crippen LogP contribution >= 0.6 is 15.9 Å². The van der Waals surface area contributed by atoms with Gasteiger partial charge in [0.15, 0.2) is 0 Å². The Labute approximate surface area is 168 Å². The van der Waals surface area contributed by atoms with E-state index in [1.54, 1.807) is 12.4 Å². The number of benzene rings is 1. The molecule has 7 nitrogen and oxygen atoms in total. The van der Waals surface area contributed by atoms with E-state index in [0.29, 0.717) is 11.3 Å². The van der Waals surface area contributed by atoms with Crippen LogP contribution in [0.3, 0.4) is 0 Å².